The first-order valence-corrected chi connectivity index (χ1v) is 9.62. The summed E-state index contributed by atoms with van der Waals surface area (Å²) < 4.78 is 66.4. The summed E-state index contributed by atoms with van der Waals surface area (Å²) in [7, 11) is 0. The van der Waals surface area contributed by atoms with Gasteiger partial charge in [-0.1, -0.05) is 6.07 Å². The Balaban J connectivity index is 0.000000920. The van der Waals surface area contributed by atoms with E-state index in [1.807, 2.05) is 0 Å². The lowest BCUT2D eigenvalue weighted by Gasteiger charge is -2.19. The van der Waals surface area contributed by atoms with E-state index < -0.39 is 24.7 Å². The minimum Gasteiger partial charge on any atom is -0.471 e. The van der Waals surface area contributed by atoms with Gasteiger partial charge in [-0.2, -0.15) is 22.0 Å². The summed E-state index contributed by atoms with van der Waals surface area (Å²) >= 11 is 0. The van der Waals surface area contributed by atoms with E-state index in [9.17, 15) is 26.7 Å². The third-order valence-electron chi connectivity index (χ3n) is 3.58. The molecule has 0 aliphatic heterocycles. The van der Waals surface area contributed by atoms with Crippen LogP contribution in [0, 0.1) is 6.92 Å². The maximum atomic E-state index is 12.8. The lowest BCUT2D eigenvalue weighted by Crippen LogP contribution is -2.67. The zero-order valence-electron chi connectivity index (χ0n) is 18.6. The largest absolute Gasteiger partial charge is 0.471 e. The SMILES string of the molecule is CC(C)(C)[NH3+].Cc1cc(C(=O)NC(C)c2ccc(OCC(F)(F)C(F)(F)F)nc2)ccn1. The van der Waals surface area contributed by atoms with Crippen LogP contribution in [0.15, 0.2) is 36.7 Å². The van der Waals surface area contributed by atoms with E-state index in [2.05, 4.69) is 46.5 Å². The molecule has 0 radical (unpaired) electrons. The molecule has 2 aromatic heterocycles. The highest BCUT2D eigenvalue weighted by atomic mass is 19.4. The van der Waals surface area contributed by atoms with Crippen LogP contribution in [0.4, 0.5) is 22.0 Å². The maximum absolute atomic E-state index is 12.8. The van der Waals surface area contributed by atoms with Crippen LogP contribution in [-0.4, -0.2) is 40.1 Å². The summed E-state index contributed by atoms with van der Waals surface area (Å²) in [4.78, 5) is 19.9. The first-order valence-electron chi connectivity index (χ1n) is 9.62. The molecular weight excluding hydrogens is 435 g/mol. The summed E-state index contributed by atoms with van der Waals surface area (Å²) in [5.41, 5.74) is 5.63. The normalized spacial score (nSPS) is 13.0. The van der Waals surface area contributed by atoms with Gasteiger partial charge in [-0.15, -0.1) is 0 Å². The quantitative estimate of drug-likeness (QED) is 0.636. The molecule has 11 heteroatoms. The lowest BCUT2D eigenvalue weighted by atomic mass is 10.1. The number of aryl methyl sites for hydroxylation is 1. The fourth-order valence-corrected chi connectivity index (χ4v) is 2.03. The molecular formula is C21H28F5N4O2+. The Morgan fingerprint density at radius 1 is 1.12 bits per heavy atom. The number of pyridine rings is 2. The summed E-state index contributed by atoms with van der Waals surface area (Å²) in [5, 5.41) is 2.72. The van der Waals surface area contributed by atoms with Crippen LogP contribution in [0.1, 0.15) is 55.4 Å². The van der Waals surface area contributed by atoms with Gasteiger partial charge in [0.2, 0.25) is 5.88 Å². The standard InChI is InChI=1S/C17H16F5N3O2.C4H11N/c1-10-7-12(5-6-23-10)15(26)25-11(2)13-3-4-14(24-8-13)27-9-16(18,19)17(20,21)22;1-4(2,3)5/h3-8,11H,9H2,1-2H3,(H,25,26);5H2,1-3H3/p+1. The molecule has 0 aliphatic rings. The highest BCUT2D eigenvalue weighted by molar-refractivity contribution is 5.94. The summed E-state index contributed by atoms with van der Waals surface area (Å²) in [6.07, 6.45) is -2.97. The molecule has 0 aliphatic carbocycles. The number of carbonyl (C=O) groups excluding carboxylic acids is 1. The minimum atomic E-state index is -5.70. The number of hydrogen-bond donors (Lipinski definition) is 2. The summed E-state index contributed by atoms with van der Waals surface area (Å²) in [6, 6.07) is 5.24. The van der Waals surface area contributed by atoms with Gasteiger partial charge in [0.1, 0.15) is 0 Å². The second kappa shape index (κ2) is 10.7. The van der Waals surface area contributed by atoms with Crippen molar-refractivity contribution < 1.29 is 37.2 Å². The molecule has 0 saturated carbocycles. The van der Waals surface area contributed by atoms with Crippen molar-refractivity contribution in [1.82, 2.24) is 15.3 Å². The highest BCUT2D eigenvalue weighted by Gasteiger charge is 2.58. The van der Waals surface area contributed by atoms with E-state index in [-0.39, 0.29) is 17.3 Å². The number of quaternary nitrogens is 1. The number of nitrogens with zero attached hydrogens (tertiary/aromatic N) is 2. The van der Waals surface area contributed by atoms with E-state index in [1.165, 1.54) is 18.5 Å². The molecule has 2 rings (SSSR count). The van der Waals surface area contributed by atoms with Gasteiger partial charge in [0.15, 0.2) is 6.61 Å². The first-order chi connectivity index (χ1) is 14.5. The number of rotatable bonds is 6. The topological polar surface area (TPSA) is 91.8 Å². The van der Waals surface area contributed by atoms with Gasteiger partial charge in [0.25, 0.3) is 5.91 Å². The van der Waals surface area contributed by atoms with Crippen LogP contribution in [0.3, 0.4) is 0 Å². The molecule has 1 atom stereocenters. The molecule has 1 unspecified atom stereocenters. The van der Waals surface area contributed by atoms with E-state index in [1.54, 1.807) is 26.0 Å². The van der Waals surface area contributed by atoms with Crippen molar-refractivity contribution in [2.75, 3.05) is 6.61 Å². The number of nitrogens with one attached hydrogen (secondary N) is 1. The third-order valence-corrected chi connectivity index (χ3v) is 3.58. The van der Waals surface area contributed by atoms with Crippen LogP contribution in [0.2, 0.25) is 0 Å². The van der Waals surface area contributed by atoms with Gasteiger partial charge in [0.05, 0.1) is 11.6 Å². The smallest absolute Gasteiger partial charge is 0.456 e. The monoisotopic (exact) mass is 463 g/mol. The molecule has 178 valence electrons. The molecule has 1 amide bonds. The zero-order valence-corrected chi connectivity index (χ0v) is 18.6. The summed E-state index contributed by atoms with van der Waals surface area (Å²) in [5.74, 6) is -5.71. The van der Waals surface area contributed by atoms with Crippen molar-refractivity contribution in [3.63, 3.8) is 0 Å². The van der Waals surface area contributed by atoms with E-state index in [0.29, 0.717) is 16.8 Å². The maximum Gasteiger partial charge on any atom is 0.456 e. The summed E-state index contributed by atoms with van der Waals surface area (Å²) in [6.45, 7) is 7.77. The van der Waals surface area contributed by atoms with Gasteiger partial charge in [0, 0.05) is 29.7 Å². The minimum absolute atomic E-state index is 0.250. The second-order valence-electron chi connectivity index (χ2n) is 8.36. The lowest BCUT2D eigenvalue weighted by molar-refractivity contribution is -0.458. The van der Waals surface area contributed by atoms with Crippen LogP contribution >= 0.6 is 0 Å². The Morgan fingerprint density at radius 3 is 2.19 bits per heavy atom. The predicted octanol–water partition coefficient (Wildman–Crippen LogP) is 3.88. The van der Waals surface area contributed by atoms with Gasteiger partial charge < -0.3 is 15.8 Å². The molecule has 0 spiro atoms. The fourth-order valence-electron chi connectivity index (χ4n) is 2.03. The van der Waals surface area contributed by atoms with Crippen LogP contribution < -0.4 is 15.8 Å². The Kier molecular flexibility index (Phi) is 9.07. The predicted molar refractivity (Wildman–Crippen MR) is 108 cm³/mol. The highest BCUT2D eigenvalue weighted by Crippen LogP contribution is 2.35. The average molecular weight is 463 g/mol. The van der Waals surface area contributed by atoms with Gasteiger partial charge in [-0.05, 0) is 52.3 Å². The van der Waals surface area contributed by atoms with Crippen molar-refractivity contribution in [2.24, 2.45) is 0 Å². The Labute approximate surface area is 183 Å². The third kappa shape index (κ3) is 9.54. The van der Waals surface area contributed by atoms with Crippen molar-refractivity contribution in [3.05, 3.63) is 53.5 Å². The van der Waals surface area contributed by atoms with Crippen molar-refractivity contribution >= 4 is 5.91 Å². The number of carbonyl (C=O) groups is 1. The van der Waals surface area contributed by atoms with E-state index >= 15 is 0 Å². The Hall–Kier alpha value is -2.82. The zero-order chi connectivity index (χ0) is 24.7. The molecule has 0 aromatic carbocycles. The molecule has 0 bridgehead atoms. The second-order valence-corrected chi connectivity index (χ2v) is 8.36. The van der Waals surface area contributed by atoms with Gasteiger partial charge >= 0.3 is 12.1 Å². The Morgan fingerprint density at radius 2 is 1.72 bits per heavy atom. The Bertz CT molecular complexity index is 875. The molecule has 4 N–H and O–H groups in total. The average Bonchev–Trinajstić information content (AvgIpc) is 2.64. The van der Waals surface area contributed by atoms with Gasteiger partial charge in [-0.25, -0.2) is 4.98 Å². The van der Waals surface area contributed by atoms with Crippen molar-refractivity contribution in [1.29, 1.82) is 0 Å². The number of ether oxygens (including phenoxy) is 1. The van der Waals surface area contributed by atoms with Gasteiger partial charge in [-0.3, -0.25) is 9.78 Å². The number of amides is 1. The molecule has 0 fully saturated rings. The number of halogens is 5. The van der Waals surface area contributed by atoms with Crippen LogP contribution in [-0.2, 0) is 0 Å². The van der Waals surface area contributed by atoms with E-state index in [4.69, 9.17) is 0 Å². The molecule has 2 heterocycles. The number of aromatic nitrogens is 2. The van der Waals surface area contributed by atoms with Crippen LogP contribution in [0.5, 0.6) is 5.88 Å². The number of hydrogen-bond acceptors (Lipinski definition) is 4. The van der Waals surface area contributed by atoms with E-state index in [0.717, 1.165) is 6.07 Å². The molecule has 2 aromatic rings. The molecule has 6 nitrogen and oxygen atoms in total. The molecule has 32 heavy (non-hydrogen) atoms. The van der Waals surface area contributed by atoms with Crippen LogP contribution in [0.25, 0.3) is 0 Å². The fraction of sp³-hybridized carbons (Fsp3) is 0.476. The molecule has 0 saturated heterocycles. The first kappa shape index (κ1) is 27.2. The van der Waals surface area contributed by atoms with Crippen molar-refractivity contribution in [2.45, 2.75) is 58.3 Å². The van der Waals surface area contributed by atoms with Crippen molar-refractivity contribution in [3.8, 4) is 5.88 Å². The number of alkyl halides is 5.